The van der Waals surface area contributed by atoms with Gasteiger partial charge in [-0.25, -0.2) is 13.1 Å². The third-order valence-corrected chi connectivity index (χ3v) is 4.51. The van der Waals surface area contributed by atoms with Gasteiger partial charge in [-0.05, 0) is 19.8 Å². The minimum atomic E-state index is -3.59. The molecule has 2 heterocycles. The largest absolute Gasteiger partial charge is 0.378 e. The van der Waals surface area contributed by atoms with E-state index in [0.717, 1.165) is 0 Å². The van der Waals surface area contributed by atoms with Gasteiger partial charge in [-0.3, -0.25) is 5.10 Å². The molecule has 1 aliphatic heterocycles. The van der Waals surface area contributed by atoms with E-state index in [2.05, 4.69) is 14.9 Å². The van der Waals surface area contributed by atoms with Gasteiger partial charge >= 0.3 is 0 Å². The van der Waals surface area contributed by atoms with Gasteiger partial charge in [0.25, 0.3) is 10.0 Å². The summed E-state index contributed by atoms with van der Waals surface area (Å²) in [7, 11) is -3.59. The van der Waals surface area contributed by atoms with Crippen LogP contribution in [0, 0.1) is 0 Å². The molecule has 8 heteroatoms. The summed E-state index contributed by atoms with van der Waals surface area (Å²) in [5.41, 5.74) is 5.96. The van der Waals surface area contributed by atoms with Crippen LogP contribution in [0.4, 0.5) is 0 Å². The lowest BCUT2D eigenvalue weighted by Crippen LogP contribution is -2.41. The van der Waals surface area contributed by atoms with Crippen LogP contribution in [0.5, 0.6) is 0 Å². The van der Waals surface area contributed by atoms with Crippen LogP contribution >= 0.6 is 0 Å². The Morgan fingerprint density at radius 1 is 1.67 bits per heavy atom. The van der Waals surface area contributed by atoms with Crippen molar-refractivity contribution in [3.8, 4) is 0 Å². The molecule has 1 aliphatic rings. The van der Waals surface area contributed by atoms with E-state index in [9.17, 15) is 8.42 Å². The lowest BCUT2D eigenvalue weighted by molar-refractivity contribution is 0.0173. The highest BCUT2D eigenvalue weighted by molar-refractivity contribution is 7.89. The first-order chi connectivity index (χ1) is 8.53. The fourth-order valence-corrected chi connectivity index (χ4v) is 3.49. The molecular weight excluding hydrogens is 256 g/mol. The van der Waals surface area contributed by atoms with Crippen molar-refractivity contribution in [1.29, 1.82) is 0 Å². The van der Waals surface area contributed by atoms with Gasteiger partial charge in [0.1, 0.15) is 0 Å². The minimum absolute atomic E-state index is 0.0594. The fourth-order valence-electron chi connectivity index (χ4n) is 2.06. The smallest absolute Gasteiger partial charge is 0.258 e. The van der Waals surface area contributed by atoms with Crippen molar-refractivity contribution in [2.24, 2.45) is 5.73 Å². The molecule has 0 amide bonds. The number of H-pyrrole nitrogens is 1. The normalized spacial score (nSPS) is 25.2. The number of hydrogen-bond donors (Lipinski definition) is 3. The Kier molecular flexibility index (Phi) is 4.00. The van der Waals surface area contributed by atoms with E-state index in [1.54, 1.807) is 0 Å². The molecule has 102 valence electrons. The lowest BCUT2D eigenvalue weighted by Gasteiger charge is -2.27. The molecule has 1 saturated heterocycles. The van der Waals surface area contributed by atoms with Crippen LogP contribution in [-0.4, -0.2) is 37.4 Å². The van der Waals surface area contributed by atoms with Crippen LogP contribution < -0.4 is 10.5 Å². The van der Waals surface area contributed by atoms with Gasteiger partial charge in [0.15, 0.2) is 5.03 Å². The van der Waals surface area contributed by atoms with Gasteiger partial charge in [-0.1, -0.05) is 0 Å². The molecule has 2 rings (SSSR count). The molecule has 4 N–H and O–H groups in total. The van der Waals surface area contributed by atoms with Gasteiger partial charge < -0.3 is 10.5 Å². The molecule has 1 fully saturated rings. The van der Waals surface area contributed by atoms with E-state index in [4.69, 9.17) is 10.5 Å². The number of ether oxygens (including phenoxy) is 1. The number of nitrogens with two attached hydrogens (primary N) is 1. The second-order valence-electron chi connectivity index (χ2n) is 4.45. The van der Waals surface area contributed by atoms with Gasteiger partial charge in [-0.15, -0.1) is 0 Å². The van der Waals surface area contributed by atoms with Crippen molar-refractivity contribution in [3.05, 3.63) is 11.8 Å². The summed E-state index contributed by atoms with van der Waals surface area (Å²) >= 11 is 0. The number of aromatic amines is 1. The van der Waals surface area contributed by atoms with Crippen LogP contribution in [0.2, 0.25) is 0 Å². The van der Waals surface area contributed by atoms with E-state index in [-0.39, 0.29) is 23.7 Å². The van der Waals surface area contributed by atoms with E-state index in [0.29, 0.717) is 25.0 Å². The van der Waals surface area contributed by atoms with Crippen LogP contribution in [0.25, 0.3) is 0 Å². The SMILES string of the molecule is CC1CC(NS(=O)(=O)c2[nH]ncc2CN)CCO1. The predicted octanol–water partition coefficient (Wildman–Crippen LogP) is -0.286. The second-order valence-corrected chi connectivity index (χ2v) is 6.10. The Labute approximate surface area is 106 Å². The van der Waals surface area contributed by atoms with E-state index in [1.165, 1.54) is 6.20 Å². The molecule has 1 aromatic rings. The zero-order chi connectivity index (χ0) is 13.2. The highest BCUT2D eigenvalue weighted by atomic mass is 32.2. The average Bonchev–Trinajstić information content (AvgIpc) is 2.77. The van der Waals surface area contributed by atoms with E-state index >= 15 is 0 Å². The van der Waals surface area contributed by atoms with Crippen molar-refractivity contribution in [3.63, 3.8) is 0 Å². The van der Waals surface area contributed by atoms with Crippen molar-refractivity contribution in [2.75, 3.05) is 6.61 Å². The third kappa shape index (κ3) is 2.89. The summed E-state index contributed by atoms with van der Waals surface area (Å²) in [6.45, 7) is 2.64. The molecule has 0 aromatic carbocycles. The molecule has 1 aromatic heterocycles. The zero-order valence-corrected chi connectivity index (χ0v) is 11.0. The van der Waals surface area contributed by atoms with Crippen molar-refractivity contribution < 1.29 is 13.2 Å². The summed E-state index contributed by atoms with van der Waals surface area (Å²) in [5.74, 6) is 0. The van der Waals surface area contributed by atoms with Gasteiger partial charge in [0, 0.05) is 24.8 Å². The van der Waals surface area contributed by atoms with Gasteiger partial charge in [-0.2, -0.15) is 5.10 Å². The summed E-state index contributed by atoms with van der Waals surface area (Å²) in [6, 6.07) is -0.104. The average molecular weight is 274 g/mol. The van der Waals surface area contributed by atoms with E-state index < -0.39 is 10.0 Å². The molecule has 18 heavy (non-hydrogen) atoms. The van der Waals surface area contributed by atoms with Crippen molar-refractivity contribution in [1.82, 2.24) is 14.9 Å². The Hall–Kier alpha value is -0.960. The number of rotatable bonds is 4. The Bertz CT molecular complexity index is 499. The summed E-state index contributed by atoms with van der Waals surface area (Å²) in [4.78, 5) is 0. The van der Waals surface area contributed by atoms with Crippen molar-refractivity contribution >= 4 is 10.0 Å². The standard InChI is InChI=1S/C10H18N4O3S/c1-7-4-9(2-3-17-7)14-18(15,16)10-8(5-11)6-12-13-10/h6-7,9,14H,2-5,11H2,1H3,(H,12,13). The van der Waals surface area contributed by atoms with Crippen LogP contribution in [0.3, 0.4) is 0 Å². The second kappa shape index (κ2) is 5.35. The van der Waals surface area contributed by atoms with Crippen LogP contribution in [0.15, 0.2) is 11.2 Å². The fraction of sp³-hybridized carbons (Fsp3) is 0.700. The van der Waals surface area contributed by atoms with E-state index in [1.807, 2.05) is 6.92 Å². The lowest BCUT2D eigenvalue weighted by atomic mass is 10.1. The molecule has 7 nitrogen and oxygen atoms in total. The molecule has 0 bridgehead atoms. The number of hydrogen-bond acceptors (Lipinski definition) is 5. The molecule has 2 unspecified atom stereocenters. The molecular formula is C10H18N4O3S. The first-order valence-electron chi connectivity index (χ1n) is 5.89. The molecule has 0 radical (unpaired) electrons. The monoisotopic (exact) mass is 274 g/mol. The first-order valence-corrected chi connectivity index (χ1v) is 7.37. The maximum atomic E-state index is 12.2. The molecule has 2 atom stereocenters. The molecule has 0 saturated carbocycles. The summed E-state index contributed by atoms with van der Waals surface area (Å²) in [6.07, 6.45) is 2.85. The highest BCUT2D eigenvalue weighted by Gasteiger charge is 2.27. The highest BCUT2D eigenvalue weighted by Crippen LogP contribution is 2.17. The Balaban J connectivity index is 2.12. The quantitative estimate of drug-likeness (QED) is 0.699. The molecule has 0 spiro atoms. The number of nitrogens with zero attached hydrogens (tertiary/aromatic N) is 1. The maximum Gasteiger partial charge on any atom is 0.258 e. The van der Waals surface area contributed by atoms with Crippen LogP contribution in [0.1, 0.15) is 25.3 Å². The van der Waals surface area contributed by atoms with Crippen LogP contribution in [-0.2, 0) is 21.3 Å². The van der Waals surface area contributed by atoms with Gasteiger partial charge in [0.2, 0.25) is 0 Å². The maximum absolute atomic E-state index is 12.2. The van der Waals surface area contributed by atoms with Gasteiger partial charge in [0.05, 0.1) is 12.3 Å². The number of aromatic nitrogens is 2. The third-order valence-electron chi connectivity index (χ3n) is 2.97. The Morgan fingerprint density at radius 3 is 3.11 bits per heavy atom. The topological polar surface area (TPSA) is 110 Å². The molecule has 0 aliphatic carbocycles. The number of sulfonamides is 1. The summed E-state index contributed by atoms with van der Waals surface area (Å²) < 4.78 is 32.4. The minimum Gasteiger partial charge on any atom is -0.378 e. The van der Waals surface area contributed by atoms with Crippen molar-refractivity contribution in [2.45, 2.75) is 43.5 Å². The summed E-state index contributed by atoms with van der Waals surface area (Å²) in [5, 5.41) is 6.26. The Morgan fingerprint density at radius 2 is 2.44 bits per heavy atom. The number of nitrogens with one attached hydrogen (secondary N) is 2. The predicted molar refractivity (Wildman–Crippen MR) is 65.2 cm³/mol. The first kappa shape index (κ1) is 13.5. The zero-order valence-electron chi connectivity index (χ0n) is 10.2.